The fraction of sp³-hybridized carbons (Fsp3) is 0.0833. The molecule has 0 fully saturated rings. The third kappa shape index (κ3) is 2.05. The molecule has 0 spiro atoms. The molecule has 2 rings (SSSR count). The summed E-state index contributed by atoms with van der Waals surface area (Å²) in [5, 5.41) is 0.494. The molecule has 0 radical (unpaired) electrons. The number of rotatable bonds is 2. The molecule has 0 bridgehead atoms. The maximum Gasteiger partial charge on any atom is 0.149 e. The lowest BCUT2D eigenvalue weighted by atomic mass is 10.0. The fourth-order valence-electron chi connectivity index (χ4n) is 1.50. The molecular formula is C12H10ClFN2. The van der Waals surface area contributed by atoms with Crippen molar-refractivity contribution in [2.24, 2.45) is 5.73 Å². The van der Waals surface area contributed by atoms with Gasteiger partial charge in [0.25, 0.3) is 0 Å². The first-order valence-electron chi connectivity index (χ1n) is 4.80. The second-order valence-corrected chi connectivity index (χ2v) is 3.78. The van der Waals surface area contributed by atoms with E-state index in [0.717, 1.165) is 5.56 Å². The van der Waals surface area contributed by atoms with Crippen molar-refractivity contribution in [1.29, 1.82) is 0 Å². The number of nitrogens with zero attached hydrogens (tertiary/aromatic N) is 1. The van der Waals surface area contributed by atoms with Crippen molar-refractivity contribution in [3.8, 4) is 11.1 Å². The zero-order valence-corrected chi connectivity index (χ0v) is 9.21. The lowest BCUT2D eigenvalue weighted by Gasteiger charge is -2.06. The lowest BCUT2D eigenvalue weighted by molar-refractivity contribution is 0.625. The Kier molecular flexibility index (Phi) is 3.17. The molecule has 0 aliphatic carbocycles. The molecular weight excluding hydrogens is 227 g/mol. The Bertz CT molecular complexity index is 514. The molecule has 82 valence electrons. The smallest absolute Gasteiger partial charge is 0.149 e. The molecule has 1 aromatic heterocycles. The van der Waals surface area contributed by atoms with E-state index in [4.69, 9.17) is 17.3 Å². The maximum absolute atomic E-state index is 13.5. The molecule has 1 aromatic carbocycles. The summed E-state index contributed by atoms with van der Waals surface area (Å²) in [5.74, 6) is -0.384. The van der Waals surface area contributed by atoms with Gasteiger partial charge in [-0.15, -0.1) is 0 Å². The van der Waals surface area contributed by atoms with E-state index < -0.39 is 0 Å². The van der Waals surface area contributed by atoms with Crippen molar-refractivity contribution < 1.29 is 4.39 Å². The Morgan fingerprint density at radius 2 is 2.06 bits per heavy atom. The molecule has 4 heteroatoms. The fourth-order valence-corrected chi connectivity index (χ4v) is 1.80. The highest BCUT2D eigenvalue weighted by Gasteiger charge is 2.08. The van der Waals surface area contributed by atoms with Crippen LogP contribution in [0.4, 0.5) is 4.39 Å². The lowest BCUT2D eigenvalue weighted by Crippen LogP contribution is -1.96. The molecule has 1 heterocycles. The van der Waals surface area contributed by atoms with Gasteiger partial charge in [0.05, 0.1) is 6.20 Å². The van der Waals surface area contributed by atoms with Crippen LogP contribution >= 0.6 is 11.6 Å². The van der Waals surface area contributed by atoms with Crippen LogP contribution in [0.15, 0.2) is 36.7 Å². The van der Waals surface area contributed by atoms with Crippen LogP contribution in [0.1, 0.15) is 5.56 Å². The summed E-state index contributed by atoms with van der Waals surface area (Å²) >= 11 is 6.07. The van der Waals surface area contributed by atoms with E-state index in [1.165, 1.54) is 12.4 Å². The quantitative estimate of drug-likeness (QED) is 0.871. The number of benzene rings is 1. The maximum atomic E-state index is 13.5. The van der Waals surface area contributed by atoms with E-state index in [1.807, 2.05) is 6.07 Å². The second kappa shape index (κ2) is 4.60. The normalized spacial score (nSPS) is 10.4. The number of halogens is 2. The van der Waals surface area contributed by atoms with Gasteiger partial charge >= 0.3 is 0 Å². The third-order valence-corrected chi connectivity index (χ3v) is 2.64. The van der Waals surface area contributed by atoms with Crippen LogP contribution in [0.5, 0.6) is 0 Å². The second-order valence-electron chi connectivity index (χ2n) is 3.37. The predicted molar refractivity (Wildman–Crippen MR) is 62.5 cm³/mol. The van der Waals surface area contributed by atoms with E-state index in [9.17, 15) is 4.39 Å². The van der Waals surface area contributed by atoms with Crippen LogP contribution in [0.2, 0.25) is 5.02 Å². The van der Waals surface area contributed by atoms with E-state index in [1.54, 1.807) is 18.2 Å². The van der Waals surface area contributed by atoms with Crippen molar-refractivity contribution in [1.82, 2.24) is 4.98 Å². The van der Waals surface area contributed by atoms with Crippen LogP contribution in [-0.2, 0) is 6.54 Å². The van der Waals surface area contributed by atoms with E-state index in [-0.39, 0.29) is 5.82 Å². The molecule has 0 atom stereocenters. The summed E-state index contributed by atoms with van der Waals surface area (Å²) in [4.78, 5) is 3.70. The van der Waals surface area contributed by atoms with Crippen LogP contribution in [0.3, 0.4) is 0 Å². The first-order valence-corrected chi connectivity index (χ1v) is 5.18. The van der Waals surface area contributed by atoms with Crippen LogP contribution in [0, 0.1) is 5.82 Å². The molecule has 0 aliphatic heterocycles. The Morgan fingerprint density at radius 3 is 2.69 bits per heavy atom. The zero-order valence-electron chi connectivity index (χ0n) is 8.45. The molecule has 0 unspecified atom stereocenters. The first kappa shape index (κ1) is 11.0. The van der Waals surface area contributed by atoms with Gasteiger partial charge in [-0.05, 0) is 17.7 Å². The van der Waals surface area contributed by atoms with Gasteiger partial charge in [-0.1, -0.05) is 23.7 Å². The SMILES string of the molecule is NCc1ccc(-c2ccncc2F)c(Cl)c1. The van der Waals surface area contributed by atoms with Crippen molar-refractivity contribution >= 4 is 11.6 Å². The topological polar surface area (TPSA) is 38.9 Å². The van der Waals surface area contributed by atoms with E-state index in [2.05, 4.69) is 4.98 Å². The summed E-state index contributed by atoms with van der Waals surface area (Å²) in [7, 11) is 0. The summed E-state index contributed by atoms with van der Waals surface area (Å²) < 4.78 is 13.5. The largest absolute Gasteiger partial charge is 0.326 e. The Hall–Kier alpha value is -1.45. The van der Waals surface area contributed by atoms with Gasteiger partial charge in [-0.3, -0.25) is 4.98 Å². The number of nitrogens with two attached hydrogens (primary N) is 1. The summed E-state index contributed by atoms with van der Waals surface area (Å²) in [6.45, 7) is 0.416. The highest BCUT2D eigenvalue weighted by atomic mass is 35.5. The minimum absolute atomic E-state index is 0.384. The number of hydrogen-bond donors (Lipinski definition) is 1. The molecule has 2 aromatic rings. The molecule has 0 amide bonds. The first-order chi connectivity index (χ1) is 7.72. The van der Waals surface area contributed by atoms with Crippen molar-refractivity contribution in [2.75, 3.05) is 0 Å². The van der Waals surface area contributed by atoms with Crippen LogP contribution in [-0.4, -0.2) is 4.98 Å². The third-order valence-electron chi connectivity index (χ3n) is 2.33. The van der Waals surface area contributed by atoms with E-state index in [0.29, 0.717) is 22.7 Å². The summed E-state index contributed by atoms with van der Waals surface area (Å²) in [6.07, 6.45) is 2.70. The minimum Gasteiger partial charge on any atom is -0.326 e. The van der Waals surface area contributed by atoms with Gasteiger partial charge in [0.1, 0.15) is 5.82 Å². The Morgan fingerprint density at radius 1 is 1.25 bits per heavy atom. The number of pyridine rings is 1. The Balaban J connectivity index is 2.53. The minimum atomic E-state index is -0.384. The van der Waals surface area contributed by atoms with Gasteiger partial charge in [0.2, 0.25) is 0 Å². The van der Waals surface area contributed by atoms with Gasteiger partial charge in [0.15, 0.2) is 0 Å². The predicted octanol–water partition coefficient (Wildman–Crippen LogP) is 3.00. The van der Waals surface area contributed by atoms with Crippen molar-refractivity contribution in [3.63, 3.8) is 0 Å². The van der Waals surface area contributed by atoms with E-state index >= 15 is 0 Å². The highest BCUT2D eigenvalue weighted by Crippen LogP contribution is 2.29. The molecule has 2 nitrogen and oxygen atoms in total. The molecule has 0 aliphatic rings. The number of aromatic nitrogens is 1. The van der Waals surface area contributed by atoms with Crippen LogP contribution in [0.25, 0.3) is 11.1 Å². The molecule has 2 N–H and O–H groups in total. The zero-order chi connectivity index (χ0) is 11.5. The molecule has 0 saturated carbocycles. The van der Waals surface area contributed by atoms with Gasteiger partial charge in [-0.2, -0.15) is 0 Å². The standard InChI is InChI=1S/C12H10ClFN2/c13-11-5-8(6-15)1-2-9(11)10-3-4-16-7-12(10)14/h1-5,7H,6,15H2. The van der Waals surface area contributed by atoms with Gasteiger partial charge in [0, 0.05) is 28.9 Å². The molecule has 0 saturated heterocycles. The average Bonchev–Trinajstić information content (AvgIpc) is 2.30. The average molecular weight is 237 g/mol. The van der Waals surface area contributed by atoms with Crippen molar-refractivity contribution in [3.05, 3.63) is 53.1 Å². The van der Waals surface area contributed by atoms with Gasteiger partial charge in [-0.25, -0.2) is 4.39 Å². The summed E-state index contributed by atoms with van der Waals surface area (Å²) in [6, 6.07) is 6.94. The van der Waals surface area contributed by atoms with Gasteiger partial charge < -0.3 is 5.73 Å². The van der Waals surface area contributed by atoms with Crippen molar-refractivity contribution in [2.45, 2.75) is 6.54 Å². The van der Waals surface area contributed by atoms with Crippen LogP contribution < -0.4 is 5.73 Å². The Labute approximate surface area is 97.9 Å². The number of hydrogen-bond acceptors (Lipinski definition) is 2. The monoisotopic (exact) mass is 236 g/mol. The molecule has 16 heavy (non-hydrogen) atoms. The summed E-state index contributed by atoms with van der Waals surface area (Å²) in [5.41, 5.74) is 7.51. The highest BCUT2D eigenvalue weighted by molar-refractivity contribution is 6.33.